The van der Waals surface area contributed by atoms with Crippen molar-refractivity contribution in [2.75, 3.05) is 12.3 Å². The maximum Gasteiger partial charge on any atom is 0.255 e. The van der Waals surface area contributed by atoms with Gasteiger partial charge in [-0.05, 0) is 48.4 Å². The third-order valence-electron chi connectivity index (χ3n) is 5.95. The topological polar surface area (TPSA) is 98.2 Å². The van der Waals surface area contributed by atoms with E-state index in [9.17, 15) is 13.6 Å². The van der Waals surface area contributed by atoms with E-state index in [-0.39, 0.29) is 37.2 Å². The normalized spacial score (nSPS) is 18.1. The number of anilines is 1. The average Bonchev–Trinajstić information content (AvgIpc) is 3.03. The van der Waals surface area contributed by atoms with E-state index >= 15 is 0 Å². The molecule has 0 aromatic carbocycles. The number of pyridine rings is 1. The zero-order valence-electron chi connectivity index (χ0n) is 16.8. The summed E-state index contributed by atoms with van der Waals surface area (Å²) in [6.45, 7) is 0.239. The Labute approximate surface area is 177 Å². The average molecular weight is 424 g/mol. The van der Waals surface area contributed by atoms with Crippen molar-refractivity contribution in [1.82, 2.24) is 24.9 Å². The van der Waals surface area contributed by atoms with Crippen molar-refractivity contribution in [3.8, 4) is 0 Å². The van der Waals surface area contributed by atoms with Gasteiger partial charge in [0.25, 0.3) is 5.91 Å². The van der Waals surface area contributed by atoms with E-state index in [1.807, 2.05) is 12.1 Å². The third kappa shape index (κ3) is 3.75. The number of fused-ring (bicyclic) bond motifs is 2. The van der Waals surface area contributed by atoms with Crippen LogP contribution in [0, 0.1) is 5.92 Å². The lowest BCUT2D eigenvalue weighted by atomic mass is 9.81. The lowest BCUT2D eigenvalue weighted by molar-refractivity contribution is -0.108. The first kappa shape index (κ1) is 19.6. The van der Waals surface area contributed by atoms with Gasteiger partial charge >= 0.3 is 0 Å². The van der Waals surface area contributed by atoms with E-state index in [0.29, 0.717) is 11.1 Å². The van der Waals surface area contributed by atoms with Crippen LogP contribution in [0.15, 0.2) is 36.8 Å². The molecular formula is C22H22F2N6O. The van der Waals surface area contributed by atoms with Crippen molar-refractivity contribution in [2.24, 2.45) is 5.92 Å². The molecule has 0 spiro atoms. The molecule has 1 fully saturated rings. The fraction of sp³-hybridized carbons (Fsp3) is 0.364. The molecule has 2 aliphatic rings. The SMILES string of the molecule is Nc1ncc2c(n1)CCCC=C2c1ccn2ncc(C(=O)NCC3CC(F)(F)C3)c2c1. The number of nitrogens with one attached hydrogen (secondary N) is 1. The van der Waals surface area contributed by atoms with Gasteiger partial charge in [-0.2, -0.15) is 5.10 Å². The standard InChI is InChI=1S/C22H22F2N6O/c23-22(24)8-13(9-22)10-26-20(31)17-12-28-30-6-5-14(7-19(17)30)15-3-1-2-4-18-16(15)11-27-21(25)29-18/h3,5-7,11-13H,1-2,4,8-10H2,(H,26,31)(H2,25,27,29). The number of hydrogen-bond donors (Lipinski definition) is 2. The number of nitrogen functional groups attached to an aromatic ring is 1. The summed E-state index contributed by atoms with van der Waals surface area (Å²) in [5.41, 5.74) is 10.6. The summed E-state index contributed by atoms with van der Waals surface area (Å²) in [4.78, 5) is 21.3. The highest BCUT2D eigenvalue weighted by molar-refractivity contribution is 6.01. The Morgan fingerprint density at radius 3 is 2.97 bits per heavy atom. The van der Waals surface area contributed by atoms with Gasteiger partial charge in [-0.1, -0.05) is 6.08 Å². The predicted octanol–water partition coefficient (Wildman–Crippen LogP) is 3.25. The molecular weight excluding hydrogens is 402 g/mol. The van der Waals surface area contributed by atoms with Gasteiger partial charge in [0, 0.05) is 37.3 Å². The minimum Gasteiger partial charge on any atom is -0.368 e. The zero-order chi connectivity index (χ0) is 21.6. The number of nitrogens with two attached hydrogens (primary N) is 1. The quantitative estimate of drug-likeness (QED) is 0.670. The number of halogens is 2. The summed E-state index contributed by atoms with van der Waals surface area (Å²) in [7, 11) is 0. The third-order valence-corrected chi connectivity index (χ3v) is 5.95. The zero-order valence-corrected chi connectivity index (χ0v) is 16.8. The molecule has 31 heavy (non-hydrogen) atoms. The maximum absolute atomic E-state index is 13.0. The molecule has 160 valence electrons. The molecule has 1 amide bonds. The summed E-state index contributed by atoms with van der Waals surface area (Å²) in [6, 6.07) is 3.85. The number of carbonyl (C=O) groups excluding carboxylic acids is 1. The molecule has 9 heteroatoms. The molecule has 3 N–H and O–H groups in total. The highest BCUT2D eigenvalue weighted by atomic mass is 19.3. The van der Waals surface area contributed by atoms with E-state index in [4.69, 9.17) is 5.73 Å². The van der Waals surface area contributed by atoms with Gasteiger partial charge in [0.2, 0.25) is 11.9 Å². The molecule has 0 unspecified atom stereocenters. The van der Waals surface area contributed by atoms with Crippen LogP contribution >= 0.6 is 0 Å². The van der Waals surface area contributed by atoms with Crippen LogP contribution in [-0.2, 0) is 6.42 Å². The van der Waals surface area contributed by atoms with Crippen molar-refractivity contribution in [3.05, 3.63) is 59.2 Å². The first-order chi connectivity index (χ1) is 14.9. The lowest BCUT2D eigenvalue weighted by Crippen LogP contribution is -2.42. The van der Waals surface area contributed by atoms with Gasteiger partial charge in [0.15, 0.2) is 0 Å². The fourth-order valence-corrected chi connectivity index (χ4v) is 4.33. The van der Waals surface area contributed by atoms with E-state index in [2.05, 4.69) is 26.5 Å². The van der Waals surface area contributed by atoms with Crippen LogP contribution in [0.5, 0.6) is 0 Å². The molecule has 3 aromatic heterocycles. The molecule has 0 bridgehead atoms. The second kappa shape index (κ2) is 7.40. The van der Waals surface area contributed by atoms with E-state index in [0.717, 1.165) is 41.7 Å². The van der Waals surface area contributed by atoms with Gasteiger partial charge in [-0.3, -0.25) is 4.79 Å². The van der Waals surface area contributed by atoms with E-state index < -0.39 is 5.92 Å². The van der Waals surface area contributed by atoms with Crippen LogP contribution in [0.25, 0.3) is 11.1 Å². The van der Waals surface area contributed by atoms with E-state index in [1.54, 1.807) is 16.9 Å². The molecule has 5 rings (SSSR count). The van der Waals surface area contributed by atoms with Crippen molar-refractivity contribution in [3.63, 3.8) is 0 Å². The van der Waals surface area contributed by atoms with Crippen molar-refractivity contribution in [2.45, 2.75) is 38.0 Å². The smallest absolute Gasteiger partial charge is 0.255 e. The predicted molar refractivity (Wildman–Crippen MR) is 112 cm³/mol. The van der Waals surface area contributed by atoms with Crippen LogP contribution in [-0.4, -0.2) is 38.0 Å². The first-order valence-corrected chi connectivity index (χ1v) is 10.4. The summed E-state index contributed by atoms with van der Waals surface area (Å²) >= 11 is 0. The fourth-order valence-electron chi connectivity index (χ4n) is 4.33. The highest BCUT2D eigenvalue weighted by Gasteiger charge is 2.45. The monoisotopic (exact) mass is 424 g/mol. The summed E-state index contributed by atoms with van der Waals surface area (Å²) < 4.78 is 27.7. The Hall–Kier alpha value is -3.36. The molecule has 2 aliphatic carbocycles. The maximum atomic E-state index is 13.0. The molecule has 3 heterocycles. The number of nitrogens with zero attached hydrogens (tertiary/aromatic N) is 4. The Morgan fingerprint density at radius 1 is 1.32 bits per heavy atom. The second-order valence-electron chi connectivity index (χ2n) is 8.24. The first-order valence-electron chi connectivity index (χ1n) is 10.4. The van der Waals surface area contributed by atoms with Crippen LogP contribution in [0.3, 0.4) is 0 Å². The summed E-state index contributed by atoms with van der Waals surface area (Å²) in [5, 5.41) is 7.03. The van der Waals surface area contributed by atoms with Crippen LogP contribution < -0.4 is 11.1 Å². The second-order valence-corrected chi connectivity index (χ2v) is 8.24. The van der Waals surface area contributed by atoms with Gasteiger partial charge in [0.05, 0.1) is 23.0 Å². The molecule has 0 atom stereocenters. The number of hydrogen-bond acceptors (Lipinski definition) is 5. The number of allylic oxidation sites excluding steroid dienone is 1. The number of aromatic nitrogens is 4. The Morgan fingerprint density at radius 2 is 2.16 bits per heavy atom. The van der Waals surface area contributed by atoms with Gasteiger partial charge < -0.3 is 11.1 Å². The Balaban J connectivity index is 1.43. The Bertz CT molecular complexity index is 1190. The van der Waals surface area contributed by atoms with Crippen molar-refractivity contribution >= 4 is 22.9 Å². The minimum absolute atomic E-state index is 0.174. The minimum atomic E-state index is -2.59. The molecule has 3 aromatic rings. The number of amides is 1. The van der Waals surface area contributed by atoms with Crippen molar-refractivity contribution < 1.29 is 13.6 Å². The molecule has 0 saturated heterocycles. The molecule has 0 aliphatic heterocycles. The number of rotatable bonds is 4. The van der Waals surface area contributed by atoms with Crippen LogP contribution in [0.2, 0.25) is 0 Å². The molecule has 1 saturated carbocycles. The molecule has 7 nitrogen and oxygen atoms in total. The summed E-state index contributed by atoms with van der Waals surface area (Å²) in [6.07, 6.45) is 9.55. The van der Waals surface area contributed by atoms with Crippen LogP contribution in [0.4, 0.5) is 14.7 Å². The van der Waals surface area contributed by atoms with Crippen molar-refractivity contribution in [1.29, 1.82) is 0 Å². The summed E-state index contributed by atoms with van der Waals surface area (Å²) in [5.74, 6) is -2.83. The largest absolute Gasteiger partial charge is 0.368 e. The lowest BCUT2D eigenvalue weighted by Gasteiger charge is -2.34. The highest BCUT2D eigenvalue weighted by Crippen LogP contribution is 2.41. The number of carbonyl (C=O) groups is 1. The van der Waals surface area contributed by atoms with Gasteiger partial charge in [-0.15, -0.1) is 0 Å². The van der Waals surface area contributed by atoms with E-state index in [1.165, 1.54) is 6.20 Å². The van der Waals surface area contributed by atoms with Crippen LogP contribution in [0.1, 0.15) is 52.9 Å². The van der Waals surface area contributed by atoms with Gasteiger partial charge in [0.1, 0.15) is 0 Å². The number of alkyl halides is 2. The molecule has 0 radical (unpaired) electrons. The Kier molecular flexibility index (Phi) is 4.68. The van der Waals surface area contributed by atoms with Gasteiger partial charge in [-0.25, -0.2) is 23.3 Å². The number of aryl methyl sites for hydroxylation is 1.